The van der Waals surface area contributed by atoms with Gasteiger partial charge in [0.15, 0.2) is 5.75 Å². The maximum absolute atomic E-state index is 12.2. The molecule has 1 aromatic carbocycles. The highest BCUT2D eigenvalue weighted by molar-refractivity contribution is 5.86. The first-order chi connectivity index (χ1) is 16.6. The van der Waals surface area contributed by atoms with Crippen LogP contribution >= 0.6 is 0 Å². The van der Waals surface area contributed by atoms with Gasteiger partial charge in [-0.25, -0.2) is 4.79 Å². The van der Waals surface area contributed by atoms with Crippen molar-refractivity contribution in [3.63, 3.8) is 0 Å². The van der Waals surface area contributed by atoms with E-state index in [-0.39, 0.29) is 16.7 Å². The second kappa shape index (κ2) is 11.7. The predicted molar refractivity (Wildman–Crippen MR) is 126 cm³/mol. The lowest BCUT2D eigenvalue weighted by molar-refractivity contribution is -0.277. The summed E-state index contributed by atoms with van der Waals surface area (Å²) < 4.78 is 21.7. The van der Waals surface area contributed by atoms with Crippen LogP contribution in [0.4, 0.5) is 0 Å². The van der Waals surface area contributed by atoms with Crippen LogP contribution in [0.5, 0.6) is 17.2 Å². The molecular weight excluding hydrogens is 460 g/mol. The molecule has 10 nitrogen and oxygen atoms in total. The fourth-order valence-electron chi connectivity index (χ4n) is 3.60. The second-order valence-electron chi connectivity index (χ2n) is 8.72. The van der Waals surface area contributed by atoms with E-state index in [1.807, 2.05) is 13.0 Å². The van der Waals surface area contributed by atoms with Crippen LogP contribution in [0, 0.1) is 0 Å². The summed E-state index contributed by atoms with van der Waals surface area (Å²) in [5.74, 6) is -0.793. The van der Waals surface area contributed by atoms with Gasteiger partial charge in [-0.15, -0.1) is 0 Å². The number of hydrogen-bond acceptors (Lipinski definition) is 10. The summed E-state index contributed by atoms with van der Waals surface area (Å²) >= 11 is 0. The number of rotatable bonds is 9. The van der Waals surface area contributed by atoms with Gasteiger partial charge in [0.1, 0.15) is 42.4 Å². The van der Waals surface area contributed by atoms with Crippen LogP contribution in [0.2, 0.25) is 0 Å². The molecule has 0 amide bonds. The third kappa shape index (κ3) is 6.41. The van der Waals surface area contributed by atoms with Gasteiger partial charge in [0.25, 0.3) is 0 Å². The maximum atomic E-state index is 12.2. The van der Waals surface area contributed by atoms with Gasteiger partial charge in [-0.05, 0) is 51.8 Å². The summed E-state index contributed by atoms with van der Waals surface area (Å²) in [6.07, 6.45) is -1.78. The molecule has 3 rings (SSSR count). The highest BCUT2D eigenvalue weighted by Crippen LogP contribution is 2.36. The molecule has 1 aliphatic rings. The smallest absolute Gasteiger partial charge is 0.382 e. The molecular formula is C25H32O10. The molecule has 192 valence electrons. The largest absolute Gasteiger partial charge is 0.499 e. The number of allylic oxidation sites excluding steroid dienone is 3. The van der Waals surface area contributed by atoms with Gasteiger partial charge in [-0.3, -0.25) is 0 Å². The average Bonchev–Trinajstić information content (AvgIpc) is 2.81. The second-order valence-corrected chi connectivity index (χ2v) is 8.72. The normalized spacial score (nSPS) is 24.9. The van der Waals surface area contributed by atoms with E-state index in [1.165, 1.54) is 23.3 Å². The van der Waals surface area contributed by atoms with E-state index < -0.39 is 48.7 Å². The fraction of sp³-hybridized carbons (Fsp3) is 0.480. The molecule has 0 radical (unpaired) electrons. The molecule has 35 heavy (non-hydrogen) atoms. The number of ether oxygens (including phenoxy) is 3. The van der Waals surface area contributed by atoms with Gasteiger partial charge in [0.2, 0.25) is 12.0 Å². The molecule has 1 aliphatic heterocycles. The first kappa shape index (κ1) is 26.7. The van der Waals surface area contributed by atoms with Crippen LogP contribution < -0.4 is 15.1 Å². The standard InChI is InChI=1S/C25H32O10/c1-13(2)5-4-6-14(3)9-10-32-15-7-8-16-17(11-15)33-24(31)22(30)23(16)35-25-21(29)20(28)19(27)18(12-26)34-25/h5,7-9,11,18-21,25-30H,4,6,10,12H2,1-3H3/b14-9+/t18-,19+,20+,21-,25+/m1/s1. The zero-order chi connectivity index (χ0) is 25.7. The van der Waals surface area contributed by atoms with E-state index in [0.717, 1.165) is 12.8 Å². The number of benzene rings is 1. The minimum absolute atomic E-state index is 0.0501. The zero-order valence-electron chi connectivity index (χ0n) is 19.9. The van der Waals surface area contributed by atoms with Crippen molar-refractivity contribution >= 4 is 11.0 Å². The fourth-order valence-corrected chi connectivity index (χ4v) is 3.60. The van der Waals surface area contributed by atoms with Crippen LogP contribution in [0.15, 0.2) is 50.7 Å². The topological polar surface area (TPSA) is 159 Å². The van der Waals surface area contributed by atoms with E-state index >= 15 is 0 Å². The summed E-state index contributed by atoms with van der Waals surface area (Å²) in [4.78, 5) is 12.2. The Labute approximate surface area is 202 Å². The number of aliphatic hydroxyl groups excluding tert-OH is 4. The van der Waals surface area contributed by atoms with Gasteiger partial charge in [-0.2, -0.15) is 0 Å². The summed E-state index contributed by atoms with van der Waals surface area (Å²) in [6.45, 7) is 5.79. The first-order valence-electron chi connectivity index (χ1n) is 11.3. The SMILES string of the molecule is CC(C)=CCC/C(C)=C/COc1ccc2c(O[C@@H]3O[C@H](CO)[C@H](O)[C@H](O)[C@H]3O)c(O)c(=O)oc2c1. The van der Waals surface area contributed by atoms with Gasteiger partial charge in [-0.1, -0.05) is 17.2 Å². The lowest BCUT2D eigenvalue weighted by Crippen LogP contribution is -2.60. The maximum Gasteiger partial charge on any atom is 0.382 e. The van der Waals surface area contributed by atoms with Crippen LogP contribution in [-0.4, -0.2) is 69.5 Å². The summed E-state index contributed by atoms with van der Waals surface area (Å²) in [6, 6.07) is 4.55. The lowest BCUT2D eigenvalue weighted by atomic mass is 9.99. The molecule has 1 aromatic heterocycles. The minimum Gasteiger partial charge on any atom is -0.499 e. The van der Waals surface area contributed by atoms with Gasteiger partial charge in [0.05, 0.1) is 12.0 Å². The van der Waals surface area contributed by atoms with Crippen LogP contribution in [-0.2, 0) is 4.74 Å². The molecule has 10 heteroatoms. The molecule has 1 saturated heterocycles. The number of aliphatic hydroxyl groups is 4. The van der Waals surface area contributed by atoms with Crippen LogP contribution in [0.1, 0.15) is 33.6 Å². The van der Waals surface area contributed by atoms with E-state index in [9.17, 15) is 30.3 Å². The molecule has 0 bridgehead atoms. The van der Waals surface area contributed by atoms with E-state index in [4.69, 9.17) is 18.6 Å². The summed E-state index contributed by atoms with van der Waals surface area (Å²) in [7, 11) is 0. The first-order valence-corrected chi connectivity index (χ1v) is 11.3. The molecule has 0 unspecified atom stereocenters. The molecule has 0 saturated carbocycles. The van der Waals surface area contributed by atoms with Crippen molar-refractivity contribution in [2.45, 2.75) is 64.3 Å². The number of fused-ring (bicyclic) bond motifs is 1. The van der Waals surface area contributed by atoms with E-state index in [0.29, 0.717) is 12.4 Å². The highest BCUT2D eigenvalue weighted by atomic mass is 16.7. The Kier molecular flexibility index (Phi) is 8.92. The number of hydrogen-bond donors (Lipinski definition) is 5. The van der Waals surface area contributed by atoms with Gasteiger partial charge in [0, 0.05) is 6.07 Å². The minimum atomic E-state index is -1.72. The Morgan fingerprint density at radius 1 is 1.09 bits per heavy atom. The van der Waals surface area contributed by atoms with Crippen molar-refractivity contribution in [1.29, 1.82) is 0 Å². The Morgan fingerprint density at radius 2 is 1.83 bits per heavy atom. The van der Waals surface area contributed by atoms with Gasteiger partial charge >= 0.3 is 5.63 Å². The molecule has 1 fully saturated rings. The number of aromatic hydroxyl groups is 1. The third-order valence-corrected chi connectivity index (χ3v) is 5.66. The highest BCUT2D eigenvalue weighted by Gasteiger charge is 2.45. The molecule has 2 heterocycles. The lowest BCUT2D eigenvalue weighted by Gasteiger charge is -2.39. The van der Waals surface area contributed by atoms with Crippen molar-refractivity contribution in [2.24, 2.45) is 0 Å². The molecule has 5 atom stereocenters. The Bertz CT molecular complexity index is 1130. The molecule has 5 N–H and O–H groups in total. The zero-order valence-corrected chi connectivity index (χ0v) is 19.9. The van der Waals surface area contributed by atoms with Gasteiger partial charge < -0.3 is 44.2 Å². The van der Waals surface area contributed by atoms with E-state index in [1.54, 1.807) is 6.07 Å². The quantitative estimate of drug-likeness (QED) is 0.258. The molecule has 2 aromatic rings. The summed E-state index contributed by atoms with van der Waals surface area (Å²) in [5.41, 5.74) is 1.40. The molecule has 0 spiro atoms. The van der Waals surface area contributed by atoms with Crippen molar-refractivity contribution in [2.75, 3.05) is 13.2 Å². The Morgan fingerprint density at radius 3 is 2.51 bits per heavy atom. The van der Waals surface area contributed by atoms with Crippen molar-refractivity contribution in [3.8, 4) is 17.2 Å². The Hall–Kier alpha value is -2.89. The molecule has 0 aliphatic carbocycles. The average molecular weight is 493 g/mol. The van der Waals surface area contributed by atoms with Crippen LogP contribution in [0.3, 0.4) is 0 Å². The van der Waals surface area contributed by atoms with E-state index in [2.05, 4.69) is 19.9 Å². The Balaban J connectivity index is 1.79. The van der Waals surface area contributed by atoms with Crippen molar-refractivity contribution in [1.82, 2.24) is 0 Å². The predicted octanol–water partition coefficient (Wildman–Crippen LogP) is 1.75. The monoisotopic (exact) mass is 492 g/mol. The van der Waals surface area contributed by atoms with Crippen molar-refractivity contribution in [3.05, 3.63) is 51.9 Å². The van der Waals surface area contributed by atoms with Crippen LogP contribution in [0.25, 0.3) is 11.0 Å². The van der Waals surface area contributed by atoms with Crippen molar-refractivity contribution < 1.29 is 44.2 Å². The summed E-state index contributed by atoms with van der Waals surface area (Å²) in [5, 5.41) is 49.9. The third-order valence-electron chi connectivity index (χ3n) is 5.66.